The minimum Gasteiger partial charge on any atom is -0.351 e. The van der Waals surface area contributed by atoms with E-state index in [9.17, 15) is 4.79 Å². The first-order chi connectivity index (χ1) is 9.58. The average Bonchev–Trinajstić information content (AvgIpc) is 2.92. The van der Waals surface area contributed by atoms with Gasteiger partial charge in [0.1, 0.15) is 0 Å². The monoisotopic (exact) mass is 402 g/mol. The molecular formula is C15H20Br2N2O. The second-order valence-corrected chi connectivity index (χ2v) is 7.07. The van der Waals surface area contributed by atoms with Crippen molar-refractivity contribution in [2.24, 2.45) is 0 Å². The van der Waals surface area contributed by atoms with Gasteiger partial charge in [0.15, 0.2) is 0 Å². The maximum Gasteiger partial charge on any atom is 0.252 e. The molecule has 5 heteroatoms. The van der Waals surface area contributed by atoms with Crippen LogP contribution in [0.15, 0.2) is 27.1 Å². The first kappa shape index (κ1) is 16.0. The van der Waals surface area contributed by atoms with Crippen molar-refractivity contribution in [3.63, 3.8) is 0 Å². The van der Waals surface area contributed by atoms with Gasteiger partial charge in [0.2, 0.25) is 0 Å². The van der Waals surface area contributed by atoms with Crippen LogP contribution < -0.4 is 5.32 Å². The highest BCUT2D eigenvalue weighted by molar-refractivity contribution is 9.11. The molecule has 1 fully saturated rings. The lowest BCUT2D eigenvalue weighted by Gasteiger charge is -2.23. The number of hydrogen-bond donors (Lipinski definition) is 1. The summed E-state index contributed by atoms with van der Waals surface area (Å²) in [6.07, 6.45) is 5.27. The van der Waals surface area contributed by atoms with Gasteiger partial charge in [-0.2, -0.15) is 0 Å². The van der Waals surface area contributed by atoms with E-state index in [0.717, 1.165) is 15.5 Å². The van der Waals surface area contributed by atoms with Crippen LogP contribution in [-0.4, -0.2) is 37.0 Å². The molecule has 1 aliphatic rings. The highest BCUT2D eigenvalue weighted by Gasteiger charge is 2.19. The Bertz CT molecular complexity index is 473. The maximum absolute atomic E-state index is 12.1. The van der Waals surface area contributed by atoms with Crippen LogP contribution in [0.3, 0.4) is 0 Å². The van der Waals surface area contributed by atoms with E-state index in [1.165, 1.54) is 25.7 Å². The predicted octanol–water partition coefficient (Wildman–Crippen LogP) is 3.82. The Balaban J connectivity index is 1.80. The normalized spacial score (nSPS) is 15.8. The van der Waals surface area contributed by atoms with Gasteiger partial charge in [-0.1, -0.05) is 28.8 Å². The molecule has 1 amide bonds. The summed E-state index contributed by atoms with van der Waals surface area (Å²) in [5.74, 6) is -0.0239. The van der Waals surface area contributed by atoms with Crippen molar-refractivity contribution in [2.45, 2.75) is 31.7 Å². The van der Waals surface area contributed by atoms with Gasteiger partial charge in [0, 0.05) is 28.1 Å². The first-order valence-corrected chi connectivity index (χ1v) is 8.60. The molecule has 0 atom stereocenters. The smallest absolute Gasteiger partial charge is 0.252 e. The minimum absolute atomic E-state index is 0.0239. The first-order valence-electron chi connectivity index (χ1n) is 7.01. The number of carbonyl (C=O) groups is 1. The zero-order chi connectivity index (χ0) is 14.5. The van der Waals surface area contributed by atoms with Crippen LogP contribution in [0.5, 0.6) is 0 Å². The lowest BCUT2D eigenvalue weighted by atomic mass is 10.2. The fraction of sp³-hybridized carbons (Fsp3) is 0.533. The summed E-state index contributed by atoms with van der Waals surface area (Å²) in [5, 5.41) is 2.99. The van der Waals surface area contributed by atoms with Crippen molar-refractivity contribution in [1.82, 2.24) is 10.2 Å². The topological polar surface area (TPSA) is 32.3 Å². The molecule has 110 valence electrons. The Labute approximate surface area is 137 Å². The number of likely N-dealkylation sites (N-methyl/N-ethyl adjacent to an activating group) is 1. The van der Waals surface area contributed by atoms with Crippen LogP contribution >= 0.6 is 31.9 Å². The van der Waals surface area contributed by atoms with Crippen LogP contribution in [0, 0.1) is 0 Å². The third kappa shape index (κ3) is 4.30. The minimum atomic E-state index is -0.0239. The SMILES string of the molecule is CN(CCNC(=O)c1ccc(Br)cc1Br)C1CCCC1. The molecule has 0 bridgehead atoms. The zero-order valence-corrected chi connectivity index (χ0v) is 14.8. The number of rotatable bonds is 5. The van der Waals surface area contributed by atoms with Crippen molar-refractivity contribution in [3.8, 4) is 0 Å². The summed E-state index contributed by atoms with van der Waals surface area (Å²) in [6, 6.07) is 6.29. The van der Waals surface area contributed by atoms with E-state index in [1.807, 2.05) is 18.2 Å². The molecule has 0 saturated heterocycles. The van der Waals surface area contributed by atoms with E-state index in [0.29, 0.717) is 18.2 Å². The Morgan fingerprint density at radius 1 is 1.35 bits per heavy atom. The number of benzene rings is 1. The lowest BCUT2D eigenvalue weighted by molar-refractivity contribution is 0.0946. The molecule has 0 aromatic heterocycles. The van der Waals surface area contributed by atoms with Gasteiger partial charge in [-0.15, -0.1) is 0 Å². The van der Waals surface area contributed by atoms with Crippen molar-refractivity contribution in [1.29, 1.82) is 0 Å². The van der Waals surface area contributed by atoms with Crippen molar-refractivity contribution in [2.75, 3.05) is 20.1 Å². The highest BCUT2D eigenvalue weighted by atomic mass is 79.9. The molecule has 1 saturated carbocycles. The third-order valence-corrected chi connectivity index (χ3v) is 5.02. The largest absolute Gasteiger partial charge is 0.351 e. The van der Waals surface area contributed by atoms with Gasteiger partial charge in [-0.05, 0) is 54.0 Å². The third-order valence-electron chi connectivity index (χ3n) is 3.87. The summed E-state index contributed by atoms with van der Waals surface area (Å²) in [7, 11) is 2.15. The van der Waals surface area contributed by atoms with Crippen molar-refractivity contribution in [3.05, 3.63) is 32.7 Å². The van der Waals surface area contributed by atoms with E-state index in [4.69, 9.17) is 0 Å². The maximum atomic E-state index is 12.1. The summed E-state index contributed by atoms with van der Waals surface area (Å²) >= 11 is 6.81. The van der Waals surface area contributed by atoms with Crippen LogP contribution in [0.1, 0.15) is 36.0 Å². The molecule has 0 unspecified atom stereocenters. The molecule has 20 heavy (non-hydrogen) atoms. The molecule has 1 aromatic carbocycles. The summed E-state index contributed by atoms with van der Waals surface area (Å²) in [5.41, 5.74) is 0.678. The van der Waals surface area contributed by atoms with Crippen LogP contribution in [-0.2, 0) is 0 Å². The Kier molecular flexibility index (Phi) is 6.05. The van der Waals surface area contributed by atoms with Crippen LogP contribution in [0.2, 0.25) is 0 Å². The van der Waals surface area contributed by atoms with Gasteiger partial charge in [0.25, 0.3) is 5.91 Å². The van der Waals surface area contributed by atoms with Crippen molar-refractivity contribution < 1.29 is 4.79 Å². The van der Waals surface area contributed by atoms with E-state index in [-0.39, 0.29) is 5.91 Å². The Morgan fingerprint density at radius 3 is 2.70 bits per heavy atom. The quantitative estimate of drug-likeness (QED) is 0.810. The van der Waals surface area contributed by atoms with E-state index < -0.39 is 0 Å². The Hall–Kier alpha value is -0.390. The fourth-order valence-electron chi connectivity index (χ4n) is 2.64. The second-order valence-electron chi connectivity index (χ2n) is 5.30. The fourth-order valence-corrected chi connectivity index (χ4v) is 3.87. The molecule has 1 N–H and O–H groups in total. The standard InChI is InChI=1S/C15H20Br2N2O/c1-19(12-4-2-3-5-12)9-8-18-15(20)13-7-6-11(16)10-14(13)17/h6-7,10,12H,2-5,8-9H2,1H3,(H,18,20). The highest BCUT2D eigenvalue weighted by Crippen LogP contribution is 2.23. The number of carbonyl (C=O) groups excluding carboxylic acids is 1. The second kappa shape index (κ2) is 7.57. The summed E-state index contributed by atoms with van der Waals surface area (Å²) in [6.45, 7) is 1.60. The van der Waals surface area contributed by atoms with Crippen LogP contribution in [0.25, 0.3) is 0 Å². The molecule has 1 aliphatic carbocycles. The molecule has 0 radical (unpaired) electrons. The number of halogens is 2. The number of nitrogens with zero attached hydrogens (tertiary/aromatic N) is 1. The zero-order valence-electron chi connectivity index (χ0n) is 11.7. The molecule has 2 rings (SSSR count). The molecule has 0 aliphatic heterocycles. The summed E-state index contributed by atoms with van der Waals surface area (Å²) < 4.78 is 1.77. The molecule has 0 spiro atoms. The van der Waals surface area contributed by atoms with E-state index in [2.05, 4.69) is 49.1 Å². The van der Waals surface area contributed by atoms with Gasteiger partial charge in [0.05, 0.1) is 5.56 Å². The Morgan fingerprint density at radius 2 is 2.05 bits per heavy atom. The van der Waals surface area contributed by atoms with Crippen molar-refractivity contribution >= 4 is 37.8 Å². The van der Waals surface area contributed by atoms with Gasteiger partial charge in [-0.3, -0.25) is 4.79 Å². The average molecular weight is 404 g/mol. The molecule has 1 aromatic rings. The van der Waals surface area contributed by atoms with Gasteiger partial charge in [-0.25, -0.2) is 0 Å². The number of amides is 1. The van der Waals surface area contributed by atoms with Crippen LogP contribution in [0.4, 0.5) is 0 Å². The molecule has 0 heterocycles. The lowest BCUT2D eigenvalue weighted by Crippen LogP contribution is -2.37. The summed E-state index contributed by atoms with van der Waals surface area (Å²) in [4.78, 5) is 14.5. The van der Waals surface area contributed by atoms with E-state index >= 15 is 0 Å². The van der Waals surface area contributed by atoms with E-state index in [1.54, 1.807) is 0 Å². The van der Waals surface area contributed by atoms with Gasteiger partial charge >= 0.3 is 0 Å². The molecular weight excluding hydrogens is 384 g/mol. The predicted molar refractivity (Wildman–Crippen MR) is 89.1 cm³/mol. The molecule has 3 nitrogen and oxygen atoms in total. The number of nitrogens with one attached hydrogen (secondary N) is 1. The van der Waals surface area contributed by atoms with Gasteiger partial charge < -0.3 is 10.2 Å². The number of hydrogen-bond acceptors (Lipinski definition) is 2.